The van der Waals surface area contributed by atoms with Crippen molar-refractivity contribution in [2.75, 3.05) is 22.9 Å². The first-order chi connectivity index (χ1) is 17.7. The van der Waals surface area contributed by atoms with E-state index in [4.69, 9.17) is 0 Å². The van der Waals surface area contributed by atoms with Crippen LogP contribution in [0.3, 0.4) is 0 Å². The molecule has 2 aromatic rings. The molecule has 0 amide bonds. The third-order valence-corrected chi connectivity index (χ3v) is 8.90. The highest BCUT2D eigenvalue weighted by molar-refractivity contribution is 6.11. The fourth-order valence-corrected chi connectivity index (χ4v) is 7.13. The molecule has 0 unspecified atom stereocenters. The van der Waals surface area contributed by atoms with E-state index in [9.17, 15) is 4.79 Å². The van der Waals surface area contributed by atoms with Crippen LogP contribution in [0, 0.1) is 0 Å². The van der Waals surface area contributed by atoms with Gasteiger partial charge in [0.2, 0.25) is 0 Å². The maximum Gasteiger partial charge on any atom is 0.188 e. The van der Waals surface area contributed by atoms with E-state index in [0.717, 1.165) is 69.2 Å². The minimum Gasteiger partial charge on any atom is -0.344 e. The topological polar surface area (TPSA) is 23.6 Å². The van der Waals surface area contributed by atoms with Gasteiger partial charge < -0.3 is 9.80 Å². The molecule has 2 aliphatic heterocycles. The number of benzene rings is 2. The zero-order chi connectivity index (χ0) is 26.4. The molecule has 0 aromatic heterocycles. The Kier molecular flexibility index (Phi) is 6.85. The number of hydrogen-bond acceptors (Lipinski definition) is 3. The van der Waals surface area contributed by atoms with Crippen molar-refractivity contribution in [3.63, 3.8) is 0 Å². The summed E-state index contributed by atoms with van der Waals surface area (Å²) in [6, 6.07) is 17.6. The Morgan fingerprint density at radius 1 is 0.676 bits per heavy atom. The predicted octanol–water partition coefficient (Wildman–Crippen LogP) is 8.44. The SMILES string of the molecule is CCCCN1/C(=C2\CCC/C(=C3\N(CCCC)c4ccccc4C3(C)C)C2=O)C(C)(C)c2ccccc21. The molecule has 0 atom stereocenters. The minimum atomic E-state index is -0.182. The zero-order valence-corrected chi connectivity index (χ0v) is 23.8. The van der Waals surface area contributed by atoms with Crippen LogP contribution in [0.2, 0.25) is 0 Å². The smallest absolute Gasteiger partial charge is 0.188 e. The summed E-state index contributed by atoms with van der Waals surface area (Å²) in [5.41, 5.74) is 9.50. The van der Waals surface area contributed by atoms with Gasteiger partial charge in [0.15, 0.2) is 5.78 Å². The zero-order valence-electron chi connectivity index (χ0n) is 23.8. The fourth-order valence-electron chi connectivity index (χ4n) is 7.13. The molecule has 0 saturated heterocycles. The second-order valence-corrected chi connectivity index (χ2v) is 12.1. The molecule has 37 heavy (non-hydrogen) atoms. The van der Waals surface area contributed by atoms with Crippen molar-refractivity contribution in [2.45, 2.75) is 97.3 Å². The van der Waals surface area contributed by atoms with Crippen LogP contribution in [0.15, 0.2) is 71.1 Å². The molecule has 2 heterocycles. The molecule has 0 N–H and O–H groups in total. The maximum atomic E-state index is 14.6. The summed E-state index contributed by atoms with van der Waals surface area (Å²) in [6.07, 6.45) is 7.30. The van der Waals surface area contributed by atoms with Gasteiger partial charge in [0.25, 0.3) is 0 Å². The number of allylic oxidation sites excluding steroid dienone is 4. The average Bonchev–Trinajstić information content (AvgIpc) is 3.25. The second-order valence-electron chi connectivity index (χ2n) is 12.1. The number of rotatable bonds is 6. The molecule has 1 fully saturated rings. The molecule has 3 heteroatoms. The van der Waals surface area contributed by atoms with E-state index in [-0.39, 0.29) is 10.8 Å². The number of unbranched alkanes of at least 4 members (excludes halogenated alkanes) is 2. The summed E-state index contributed by atoms with van der Waals surface area (Å²) < 4.78 is 0. The Balaban J connectivity index is 1.68. The fraction of sp³-hybridized carbons (Fsp3) is 0.500. The third kappa shape index (κ3) is 4.06. The van der Waals surface area contributed by atoms with Crippen LogP contribution in [-0.2, 0) is 15.6 Å². The van der Waals surface area contributed by atoms with Gasteiger partial charge in [0.1, 0.15) is 0 Å². The van der Waals surface area contributed by atoms with Crippen molar-refractivity contribution in [3.05, 3.63) is 82.2 Å². The van der Waals surface area contributed by atoms with E-state index in [2.05, 4.69) is 99.9 Å². The van der Waals surface area contributed by atoms with E-state index in [1.807, 2.05) is 0 Å². The molecular weight excluding hydrogens is 452 g/mol. The highest BCUT2D eigenvalue weighted by Gasteiger charge is 2.46. The molecule has 0 spiro atoms. The van der Waals surface area contributed by atoms with Gasteiger partial charge in [-0.1, -0.05) is 90.8 Å². The van der Waals surface area contributed by atoms with Crippen LogP contribution in [-0.4, -0.2) is 18.9 Å². The normalized spacial score (nSPS) is 24.0. The van der Waals surface area contributed by atoms with Crippen molar-refractivity contribution in [2.24, 2.45) is 0 Å². The molecule has 196 valence electrons. The van der Waals surface area contributed by atoms with Gasteiger partial charge in [-0.05, 0) is 55.4 Å². The van der Waals surface area contributed by atoms with Gasteiger partial charge in [-0.3, -0.25) is 4.79 Å². The molecule has 5 rings (SSSR count). The lowest BCUT2D eigenvalue weighted by Crippen LogP contribution is -2.35. The van der Waals surface area contributed by atoms with Gasteiger partial charge in [0.05, 0.1) is 0 Å². The van der Waals surface area contributed by atoms with Crippen molar-refractivity contribution >= 4 is 17.2 Å². The second kappa shape index (κ2) is 9.82. The Labute approximate surface area is 224 Å². The van der Waals surface area contributed by atoms with E-state index >= 15 is 0 Å². The minimum absolute atomic E-state index is 0.182. The highest BCUT2D eigenvalue weighted by atomic mass is 16.1. The molecule has 0 radical (unpaired) electrons. The Morgan fingerprint density at radius 2 is 1.08 bits per heavy atom. The number of Topliss-reactive ketones (excluding diaryl/α,β-unsaturated/α-hetero) is 1. The van der Waals surface area contributed by atoms with E-state index in [0.29, 0.717) is 5.78 Å². The van der Waals surface area contributed by atoms with Crippen LogP contribution in [0.5, 0.6) is 0 Å². The van der Waals surface area contributed by atoms with E-state index < -0.39 is 0 Å². The van der Waals surface area contributed by atoms with Crippen LogP contribution in [0.25, 0.3) is 0 Å². The lowest BCUT2D eigenvalue weighted by atomic mass is 9.74. The summed E-state index contributed by atoms with van der Waals surface area (Å²) in [7, 11) is 0. The molecular formula is C34H44N2O. The average molecular weight is 497 g/mol. The summed E-state index contributed by atoms with van der Waals surface area (Å²) in [6.45, 7) is 15.7. The van der Waals surface area contributed by atoms with E-state index in [1.54, 1.807) is 0 Å². The van der Waals surface area contributed by atoms with Crippen LogP contribution in [0.4, 0.5) is 11.4 Å². The number of carbonyl (C=O) groups excluding carboxylic acids is 1. The standard InChI is InChI=1S/C34H44N2O/c1-7-9-22-35-28-20-13-11-18-26(28)33(3,4)31(35)24-16-15-17-25(30(24)37)32-34(5,6)27-19-12-14-21-29(27)36(32)23-10-8-2/h11-14,18-21H,7-10,15-17,22-23H2,1-6H3/b31-24+,32-25+. The molecule has 1 saturated carbocycles. The molecule has 3 aliphatic rings. The number of hydrogen-bond donors (Lipinski definition) is 0. The number of ketones is 1. The number of anilines is 2. The highest BCUT2D eigenvalue weighted by Crippen LogP contribution is 2.53. The van der Waals surface area contributed by atoms with Crippen LogP contribution in [0.1, 0.15) is 97.6 Å². The number of nitrogens with zero attached hydrogens (tertiary/aromatic N) is 2. The number of carbonyl (C=O) groups is 1. The summed E-state index contributed by atoms with van der Waals surface area (Å²) >= 11 is 0. The lowest BCUT2D eigenvalue weighted by molar-refractivity contribution is -0.113. The maximum absolute atomic E-state index is 14.6. The Hall–Kier alpha value is -2.81. The van der Waals surface area contributed by atoms with E-state index in [1.165, 1.54) is 33.9 Å². The third-order valence-electron chi connectivity index (χ3n) is 8.90. The van der Waals surface area contributed by atoms with Gasteiger partial charge in [0, 0.05) is 57.8 Å². The molecule has 0 bridgehead atoms. The molecule has 3 nitrogen and oxygen atoms in total. The Bertz CT molecular complexity index is 1170. The first-order valence-electron chi connectivity index (χ1n) is 14.5. The van der Waals surface area contributed by atoms with Gasteiger partial charge in [-0.15, -0.1) is 0 Å². The van der Waals surface area contributed by atoms with Gasteiger partial charge >= 0.3 is 0 Å². The van der Waals surface area contributed by atoms with Crippen molar-refractivity contribution in [1.82, 2.24) is 0 Å². The summed E-state index contributed by atoms with van der Waals surface area (Å²) in [5.74, 6) is 0.293. The van der Waals surface area contributed by atoms with Gasteiger partial charge in [-0.2, -0.15) is 0 Å². The largest absolute Gasteiger partial charge is 0.344 e. The Morgan fingerprint density at radius 3 is 1.49 bits per heavy atom. The van der Waals surface area contributed by atoms with Crippen molar-refractivity contribution in [1.29, 1.82) is 0 Å². The predicted molar refractivity (Wildman–Crippen MR) is 156 cm³/mol. The molecule has 1 aliphatic carbocycles. The van der Waals surface area contributed by atoms with Gasteiger partial charge in [-0.25, -0.2) is 0 Å². The van der Waals surface area contributed by atoms with Crippen LogP contribution >= 0.6 is 0 Å². The first kappa shape index (κ1) is 25.8. The lowest BCUT2D eigenvalue weighted by Gasteiger charge is -2.35. The first-order valence-corrected chi connectivity index (χ1v) is 14.5. The number of fused-ring (bicyclic) bond motifs is 2. The van der Waals surface area contributed by atoms with Crippen LogP contribution < -0.4 is 9.80 Å². The monoisotopic (exact) mass is 496 g/mol. The number of para-hydroxylation sites is 2. The quantitative estimate of drug-likeness (QED) is 0.375. The summed E-state index contributed by atoms with van der Waals surface area (Å²) in [4.78, 5) is 19.6. The van der Waals surface area contributed by atoms with Crippen molar-refractivity contribution < 1.29 is 4.79 Å². The molecule has 2 aromatic carbocycles. The summed E-state index contributed by atoms with van der Waals surface area (Å²) in [5, 5.41) is 0. The van der Waals surface area contributed by atoms with Crippen molar-refractivity contribution in [3.8, 4) is 0 Å².